The van der Waals surface area contributed by atoms with Gasteiger partial charge in [0.2, 0.25) is 0 Å². The van der Waals surface area contributed by atoms with Crippen LogP contribution in [0.3, 0.4) is 0 Å². The quantitative estimate of drug-likeness (QED) is 0.0169. The SMILES string of the molecule is CC/C=C\C/C=C\C/C=C\C/C=C\CCCCC(=O)OCC(COP(=O)(O)OCC(O)COP(=O)(O)OCC(COC(=O)CCCCCCC/C=C\C/C=C\C/C=C\CC)OC(=O)CCCCCCC/C=C\CCCCCCCC)OC(=O)CCCCCCCCCCCCCCCCC. The van der Waals surface area contributed by atoms with Gasteiger partial charge in [0.25, 0.3) is 0 Å². The minimum Gasteiger partial charge on any atom is -0.462 e. The van der Waals surface area contributed by atoms with Crippen molar-refractivity contribution in [2.75, 3.05) is 39.6 Å². The molecule has 0 aliphatic heterocycles. The Morgan fingerprint density at radius 1 is 0.290 bits per heavy atom. The highest BCUT2D eigenvalue weighted by molar-refractivity contribution is 7.47. The van der Waals surface area contributed by atoms with Gasteiger partial charge in [-0.3, -0.25) is 37.3 Å². The van der Waals surface area contributed by atoms with Crippen LogP contribution in [-0.2, 0) is 65.4 Å². The third kappa shape index (κ3) is 72.3. The Kier molecular flexibility index (Phi) is 70.4. The Hall–Kier alpha value is -4.02. The fourth-order valence-electron chi connectivity index (χ4n) is 10.6. The molecular formula is C81H142O17P2. The highest BCUT2D eigenvalue weighted by Crippen LogP contribution is 2.45. The van der Waals surface area contributed by atoms with Gasteiger partial charge in [-0.15, -0.1) is 0 Å². The lowest BCUT2D eigenvalue weighted by Gasteiger charge is -2.21. The molecule has 0 saturated heterocycles. The van der Waals surface area contributed by atoms with E-state index in [2.05, 4.69) is 125 Å². The summed E-state index contributed by atoms with van der Waals surface area (Å²) in [5, 5.41) is 10.6. The molecule has 0 aliphatic carbocycles. The molecule has 5 atom stereocenters. The summed E-state index contributed by atoms with van der Waals surface area (Å²) in [5.74, 6) is -2.23. The number of esters is 4. The van der Waals surface area contributed by atoms with E-state index in [4.69, 9.17) is 37.0 Å². The van der Waals surface area contributed by atoms with E-state index in [9.17, 15) is 43.2 Å². The van der Waals surface area contributed by atoms with Gasteiger partial charge in [-0.2, -0.15) is 0 Å². The van der Waals surface area contributed by atoms with Crippen molar-refractivity contribution in [3.63, 3.8) is 0 Å². The highest BCUT2D eigenvalue weighted by atomic mass is 31.2. The summed E-state index contributed by atoms with van der Waals surface area (Å²) in [7, 11) is -9.96. The Balaban J connectivity index is 5.39. The minimum atomic E-state index is -4.98. The monoisotopic (exact) mass is 1450 g/mol. The van der Waals surface area contributed by atoms with Gasteiger partial charge < -0.3 is 33.8 Å². The molecule has 0 aromatic carbocycles. The molecule has 100 heavy (non-hydrogen) atoms. The summed E-state index contributed by atoms with van der Waals surface area (Å²) in [6, 6.07) is 0. The van der Waals surface area contributed by atoms with E-state index in [1.54, 1.807) is 0 Å². The van der Waals surface area contributed by atoms with Crippen LogP contribution in [-0.4, -0.2) is 96.7 Å². The third-order valence-electron chi connectivity index (χ3n) is 16.5. The van der Waals surface area contributed by atoms with Gasteiger partial charge in [0.05, 0.1) is 26.4 Å². The molecule has 0 heterocycles. The first-order valence-electron chi connectivity index (χ1n) is 39.5. The van der Waals surface area contributed by atoms with Crippen molar-refractivity contribution < 1.29 is 80.2 Å². The zero-order valence-corrected chi connectivity index (χ0v) is 64.9. The molecule has 0 aromatic heterocycles. The number of ether oxygens (including phenoxy) is 4. The van der Waals surface area contributed by atoms with Gasteiger partial charge in [-0.05, 0) is 122 Å². The summed E-state index contributed by atoms with van der Waals surface area (Å²) >= 11 is 0. The molecule has 0 spiro atoms. The van der Waals surface area contributed by atoms with Crippen LogP contribution in [0.15, 0.2) is 97.2 Å². The standard InChI is InChI=1S/C81H142O17P2/c1-5-9-13-17-21-25-29-33-37-41-45-49-53-57-61-65-78(83)91-71-76(97-80(85)67-63-59-55-51-47-43-39-35-31-27-23-19-15-11-7-3)73-95-99(87,88)93-69-75(82)70-94-100(89,90)96-74-77(98-81(86)68-64-60-56-52-48-44-40-36-32-28-24-20-16-12-8-4)72-92-79(84)66-62-58-54-50-46-42-38-34-30-26-22-18-14-10-6-2/h9-10,13-14,21-22,25-26,33-35,37-39,46,50,75-77,82H,5-8,11-12,15-20,23-24,27-32,36,40-45,47-49,51-74H2,1-4H3,(H,87,88)(H,89,90)/b13-9-,14-10-,25-21-,26-22-,37-33-,38-34-,39-35-,50-46-. The average Bonchev–Trinajstić information content (AvgIpc) is 1.01. The first kappa shape index (κ1) is 96.0. The Bertz CT molecular complexity index is 2270. The van der Waals surface area contributed by atoms with Crippen LogP contribution in [0.25, 0.3) is 0 Å². The number of aliphatic hydroxyl groups excluding tert-OH is 1. The minimum absolute atomic E-state index is 0.0811. The maximum absolute atomic E-state index is 13.1. The summed E-state index contributed by atoms with van der Waals surface area (Å²) in [4.78, 5) is 72.9. The van der Waals surface area contributed by atoms with E-state index >= 15 is 0 Å². The van der Waals surface area contributed by atoms with Crippen LogP contribution in [0, 0.1) is 0 Å². The second kappa shape index (κ2) is 73.3. The molecule has 0 saturated carbocycles. The number of carbonyl (C=O) groups is 4. The number of hydrogen-bond acceptors (Lipinski definition) is 15. The van der Waals surface area contributed by atoms with Gasteiger partial charge in [0, 0.05) is 25.7 Å². The van der Waals surface area contributed by atoms with Crippen LogP contribution in [0.4, 0.5) is 0 Å². The number of carbonyl (C=O) groups excluding carboxylic acids is 4. The molecule has 578 valence electrons. The van der Waals surface area contributed by atoms with Gasteiger partial charge in [-0.25, -0.2) is 9.13 Å². The van der Waals surface area contributed by atoms with Crippen molar-refractivity contribution in [2.45, 2.75) is 354 Å². The number of allylic oxidation sites excluding steroid dienone is 16. The van der Waals surface area contributed by atoms with Crippen molar-refractivity contribution >= 4 is 39.5 Å². The van der Waals surface area contributed by atoms with E-state index in [1.807, 2.05) is 0 Å². The normalized spacial score (nSPS) is 14.4. The number of unbranched alkanes of at least 4 members (excludes halogenated alkanes) is 32. The van der Waals surface area contributed by atoms with Gasteiger partial charge >= 0.3 is 39.5 Å². The van der Waals surface area contributed by atoms with E-state index in [-0.39, 0.29) is 25.7 Å². The van der Waals surface area contributed by atoms with Crippen molar-refractivity contribution in [2.24, 2.45) is 0 Å². The zero-order chi connectivity index (χ0) is 73.2. The average molecular weight is 1450 g/mol. The predicted octanol–water partition coefficient (Wildman–Crippen LogP) is 22.8. The van der Waals surface area contributed by atoms with Crippen LogP contribution in [0.5, 0.6) is 0 Å². The summed E-state index contributed by atoms with van der Waals surface area (Å²) < 4.78 is 68.5. The second-order valence-corrected chi connectivity index (χ2v) is 29.2. The lowest BCUT2D eigenvalue weighted by atomic mass is 10.0. The van der Waals surface area contributed by atoms with Crippen molar-refractivity contribution in [1.82, 2.24) is 0 Å². The van der Waals surface area contributed by atoms with Gasteiger partial charge in [0.1, 0.15) is 19.3 Å². The van der Waals surface area contributed by atoms with Crippen LogP contribution in [0.1, 0.15) is 336 Å². The van der Waals surface area contributed by atoms with Gasteiger partial charge in [-0.1, -0.05) is 285 Å². The molecule has 0 rings (SSSR count). The Labute approximate surface area is 607 Å². The molecule has 0 bridgehead atoms. The summed E-state index contributed by atoms with van der Waals surface area (Å²) in [5.41, 5.74) is 0. The molecule has 0 fully saturated rings. The van der Waals surface area contributed by atoms with E-state index < -0.39 is 97.5 Å². The maximum atomic E-state index is 13.1. The summed E-state index contributed by atoms with van der Waals surface area (Å²) in [6.45, 7) is 4.61. The summed E-state index contributed by atoms with van der Waals surface area (Å²) in [6.07, 6.45) is 76.8. The lowest BCUT2D eigenvalue weighted by Crippen LogP contribution is -2.30. The number of aliphatic hydroxyl groups is 1. The Morgan fingerprint density at radius 3 is 0.830 bits per heavy atom. The molecule has 0 aromatic rings. The van der Waals surface area contributed by atoms with Crippen LogP contribution in [0.2, 0.25) is 0 Å². The number of phosphoric ester groups is 2. The smallest absolute Gasteiger partial charge is 0.462 e. The zero-order valence-electron chi connectivity index (χ0n) is 63.1. The number of rotatable bonds is 74. The molecular weight excluding hydrogens is 1310 g/mol. The Morgan fingerprint density at radius 2 is 0.520 bits per heavy atom. The van der Waals surface area contributed by atoms with Crippen LogP contribution >= 0.6 is 15.6 Å². The largest absolute Gasteiger partial charge is 0.472 e. The lowest BCUT2D eigenvalue weighted by molar-refractivity contribution is -0.161. The number of phosphoric acid groups is 2. The predicted molar refractivity (Wildman–Crippen MR) is 409 cm³/mol. The molecule has 0 aliphatic rings. The molecule has 19 heteroatoms. The first-order valence-corrected chi connectivity index (χ1v) is 42.5. The van der Waals surface area contributed by atoms with Crippen molar-refractivity contribution in [1.29, 1.82) is 0 Å². The van der Waals surface area contributed by atoms with E-state index in [0.29, 0.717) is 25.7 Å². The fourth-order valence-corrected chi connectivity index (χ4v) is 12.2. The van der Waals surface area contributed by atoms with Gasteiger partial charge in [0.15, 0.2) is 12.2 Å². The fraction of sp³-hybridized carbons (Fsp3) is 0.753. The second-order valence-electron chi connectivity index (χ2n) is 26.2. The highest BCUT2D eigenvalue weighted by Gasteiger charge is 2.30. The molecule has 0 amide bonds. The number of hydrogen-bond donors (Lipinski definition) is 3. The first-order chi connectivity index (χ1) is 48.7. The molecule has 3 N–H and O–H groups in total. The maximum Gasteiger partial charge on any atom is 0.472 e. The topological polar surface area (TPSA) is 237 Å². The van der Waals surface area contributed by atoms with Crippen molar-refractivity contribution in [3.8, 4) is 0 Å². The molecule has 17 nitrogen and oxygen atoms in total. The van der Waals surface area contributed by atoms with Crippen LogP contribution < -0.4 is 0 Å². The molecule has 0 radical (unpaired) electrons. The van der Waals surface area contributed by atoms with Crippen molar-refractivity contribution in [3.05, 3.63) is 97.2 Å². The third-order valence-corrected chi connectivity index (χ3v) is 18.4. The molecule has 5 unspecified atom stereocenters. The van der Waals surface area contributed by atoms with E-state index in [0.717, 1.165) is 154 Å². The van der Waals surface area contributed by atoms with E-state index in [1.165, 1.54) is 103 Å².